The molecule has 0 atom stereocenters. The number of pyridine rings is 1. The second-order valence-electron chi connectivity index (χ2n) is 7.72. The second kappa shape index (κ2) is 6.90. The van der Waals surface area contributed by atoms with Crippen LogP contribution in [0, 0.1) is 0 Å². The molecule has 0 N–H and O–H groups in total. The van der Waals surface area contributed by atoms with Crippen LogP contribution >= 0.6 is 0 Å². The molecule has 1 amide bonds. The van der Waals surface area contributed by atoms with Crippen molar-refractivity contribution in [3.63, 3.8) is 0 Å². The first-order chi connectivity index (χ1) is 14.6. The quantitative estimate of drug-likeness (QED) is 0.662. The Bertz CT molecular complexity index is 1200. The van der Waals surface area contributed by atoms with Crippen molar-refractivity contribution < 1.29 is 19.0 Å². The lowest BCUT2D eigenvalue weighted by Crippen LogP contribution is -2.34. The molecule has 5 rings (SSSR count). The lowest BCUT2D eigenvalue weighted by atomic mass is 9.83. The summed E-state index contributed by atoms with van der Waals surface area (Å²) in [6.07, 6.45) is 2.66. The summed E-state index contributed by atoms with van der Waals surface area (Å²) in [6, 6.07) is 8.11. The van der Waals surface area contributed by atoms with E-state index in [1.165, 1.54) is 16.7 Å². The first kappa shape index (κ1) is 18.7. The topological polar surface area (TPSA) is 60.9 Å². The zero-order valence-corrected chi connectivity index (χ0v) is 17.7. The summed E-state index contributed by atoms with van der Waals surface area (Å²) >= 11 is 0. The third kappa shape index (κ3) is 2.56. The molecular weight excluding hydrogens is 380 g/mol. The average molecular weight is 404 g/mol. The highest BCUT2D eigenvalue weighted by molar-refractivity contribution is 6.09. The Kier molecular flexibility index (Phi) is 4.31. The van der Waals surface area contributed by atoms with Crippen LogP contribution < -0.4 is 19.1 Å². The van der Waals surface area contributed by atoms with E-state index < -0.39 is 0 Å². The van der Waals surface area contributed by atoms with Crippen LogP contribution in [0.25, 0.3) is 22.2 Å². The van der Waals surface area contributed by atoms with E-state index in [1.54, 1.807) is 33.2 Å². The summed E-state index contributed by atoms with van der Waals surface area (Å²) in [5.74, 6) is 2.02. The molecule has 30 heavy (non-hydrogen) atoms. The van der Waals surface area contributed by atoms with Gasteiger partial charge in [0.25, 0.3) is 0 Å². The highest BCUT2D eigenvalue weighted by Crippen LogP contribution is 2.49. The summed E-state index contributed by atoms with van der Waals surface area (Å²) in [7, 11) is 4.91. The van der Waals surface area contributed by atoms with Gasteiger partial charge in [-0.1, -0.05) is 0 Å². The molecular formula is C24H24N2O4. The lowest BCUT2D eigenvalue weighted by Gasteiger charge is -2.33. The van der Waals surface area contributed by atoms with Gasteiger partial charge in [0.05, 0.1) is 38.2 Å². The van der Waals surface area contributed by atoms with Crippen molar-refractivity contribution in [2.75, 3.05) is 32.8 Å². The Morgan fingerprint density at radius 1 is 1.00 bits per heavy atom. The second-order valence-corrected chi connectivity index (χ2v) is 7.72. The van der Waals surface area contributed by atoms with Gasteiger partial charge in [0.1, 0.15) is 5.75 Å². The minimum Gasteiger partial charge on any atom is -0.497 e. The smallest absolute Gasteiger partial charge is 0.223 e. The molecule has 0 radical (unpaired) electrons. The number of aryl methyl sites for hydroxylation is 1. The number of anilines is 1. The standard InChI is InChI=1S/C24H24N2O4/c1-13(27)26-10-9-17-18-7-5-14-11-15(28-2)6-8-16(14)22(18)25-19-12-20(29-3)24(30-4)23(26)21(17)19/h6,8,11-12H,5,7,9-10H2,1-4H3. The van der Waals surface area contributed by atoms with Crippen molar-refractivity contribution in [3.8, 4) is 28.5 Å². The fraction of sp³-hybridized carbons (Fsp3) is 0.333. The summed E-state index contributed by atoms with van der Waals surface area (Å²) in [6.45, 7) is 2.21. The van der Waals surface area contributed by atoms with Crippen LogP contribution in [0.3, 0.4) is 0 Å². The van der Waals surface area contributed by atoms with Gasteiger partial charge in [-0.05, 0) is 54.2 Å². The van der Waals surface area contributed by atoms with Crippen LogP contribution in [0.4, 0.5) is 5.69 Å². The number of benzene rings is 2. The van der Waals surface area contributed by atoms with Crippen molar-refractivity contribution in [1.29, 1.82) is 0 Å². The van der Waals surface area contributed by atoms with Gasteiger partial charge in [-0.15, -0.1) is 0 Å². The van der Waals surface area contributed by atoms with Gasteiger partial charge in [-0.3, -0.25) is 4.79 Å². The zero-order valence-electron chi connectivity index (χ0n) is 17.7. The summed E-state index contributed by atoms with van der Waals surface area (Å²) < 4.78 is 16.7. The van der Waals surface area contributed by atoms with Gasteiger partial charge < -0.3 is 19.1 Å². The zero-order chi connectivity index (χ0) is 21.0. The first-order valence-corrected chi connectivity index (χ1v) is 10.1. The number of ether oxygens (including phenoxy) is 3. The Hall–Kier alpha value is -3.28. The molecule has 0 saturated carbocycles. The maximum atomic E-state index is 12.4. The van der Waals surface area contributed by atoms with Crippen molar-refractivity contribution >= 4 is 22.5 Å². The molecule has 2 aliphatic rings. The summed E-state index contributed by atoms with van der Waals surface area (Å²) in [5, 5.41) is 1.00. The van der Waals surface area contributed by atoms with E-state index in [0.29, 0.717) is 18.0 Å². The number of methoxy groups -OCH3 is 3. The van der Waals surface area contributed by atoms with Crippen LogP contribution in [0.5, 0.6) is 17.2 Å². The van der Waals surface area contributed by atoms with Crippen LogP contribution in [-0.2, 0) is 24.1 Å². The molecule has 0 fully saturated rings. The molecule has 154 valence electrons. The summed E-state index contributed by atoms with van der Waals surface area (Å²) in [5.41, 5.74) is 7.57. The van der Waals surface area contributed by atoms with Crippen molar-refractivity contribution in [1.82, 2.24) is 4.98 Å². The Morgan fingerprint density at radius 2 is 1.83 bits per heavy atom. The molecule has 0 unspecified atom stereocenters. The van der Waals surface area contributed by atoms with Crippen LogP contribution in [0.15, 0.2) is 24.3 Å². The summed E-state index contributed by atoms with van der Waals surface area (Å²) in [4.78, 5) is 19.3. The molecule has 6 nitrogen and oxygen atoms in total. The number of carbonyl (C=O) groups is 1. The normalized spacial score (nSPS) is 14.2. The van der Waals surface area contributed by atoms with Crippen LogP contribution in [0.2, 0.25) is 0 Å². The number of fused-ring (bicyclic) bond motifs is 4. The van der Waals surface area contributed by atoms with Gasteiger partial charge in [-0.2, -0.15) is 0 Å². The van der Waals surface area contributed by atoms with Gasteiger partial charge in [0, 0.05) is 30.5 Å². The Balaban J connectivity index is 1.86. The predicted octanol–water partition coefficient (Wildman–Crippen LogP) is 3.94. The number of hydrogen-bond acceptors (Lipinski definition) is 5. The third-order valence-corrected chi connectivity index (χ3v) is 6.26. The van der Waals surface area contributed by atoms with Gasteiger partial charge in [0.15, 0.2) is 11.5 Å². The Morgan fingerprint density at radius 3 is 2.53 bits per heavy atom. The number of hydrogen-bond donors (Lipinski definition) is 0. The van der Waals surface area contributed by atoms with Crippen molar-refractivity contribution in [2.24, 2.45) is 0 Å². The van der Waals surface area contributed by atoms with Gasteiger partial charge in [-0.25, -0.2) is 4.98 Å². The molecule has 0 bridgehead atoms. The maximum Gasteiger partial charge on any atom is 0.223 e. The highest BCUT2D eigenvalue weighted by Gasteiger charge is 2.32. The highest BCUT2D eigenvalue weighted by atomic mass is 16.5. The molecule has 0 spiro atoms. The van der Waals surface area contributed by atoms with E-state index in [-0.39, 0.29) is 5.91 Å². The number of aromatic nitrogens is 1. The monoisotopic (exact) mass is 404 g/mol. The van der Waals surface area contributed by atoms with E-state index in [2.05, 4.69) is 12.1 Å². The molecule has 0 saturated heterocycles. The van der Waals surface area contributed by atoms with E-state index in [1.807, 2.05) is 12.1 Å². The van der Waals surface area contributed by atoms with E-state index in [0.717, 1.165) is 52.9 Å². The predicted molar refractivity (Wildman–Crippen MR) is 116 cm³/mol. The molecule has 1 aliphatic carbocycles. The molecule has 1 aromatic heterocycles. The minimum absolute atomic E-state index is 0.0105. The maximum absolute atomic E-state index is 12.4. The number of amides is 1. The number of nitrogens with zero attached hydrogens (tertiary/aromatic N) is 2. The van der Waals surface area contributed by atoms with Gasteiger partial charge in [0.2, 0.25) is 5.91 Å². The van der Waals surface area contributed by atoms with E-state index >= 15 is 0 Å². The molecule has 1 aliphatic heterocycles. The SMILES string of the molecule is COc1ccc2c(c1)CCc1c-2nc2cc(OC)c(OC)c3c2c1CCN3C(C)=O. The average Bonchev–Trinajstić information content (AvgIpc) is 2.77. The van der Waals surface area contributed by atoms with Crippen molar-refractivity contribution in [3.05, 3.63) is 41.0 Å². The molecule has 6 heteroatoms. The first-order valence-electron chi connectivity index (χ1n) is 10.1. The van der Waals surface area contributed by atoms with Crippen LogP contribution in [0.1, 0.15) is 23.6 Å². The van der Waals surface area contributed by atoms with Crippen molar-refractivity contribution in [2.45, 2.75) is 26.2 Å². The molecule has 2 aromatic carbocycles. The minimum atomic E-state index is -0.0105. The van der Waals surface area contributed by atoms with E-state index in [4.69, 9.17) is 19.2 Å². The fourth-order valence-corrected chi connectivity index (χ4v) is 4.90. The lowest BCUT2D eigenvalue weighted by molar-refractivity contribution is -0.116. The Labute approximate surface area is 175 Å². The van der Waals surface area contributed by atoms with Crippen LogP contribution in [-0.4, -0.2) is 38.8 Å². The third-order valence-electron chi connectivity index (χ3n) is 6.26. The van der Waals surface area contributed by atoms with Gasteiger partial charge >= 0.3 is 0 Å². The van der Waals surface area contributed by atoms with E-state index in [9.17, 15) is 4.79 Å². The molecule has 3 aromatic rings. The largest absolute Gasteiger partial charge is 0.497 e. The molecule has 2 heterocycles. The number of rotatable bonds is 3. The number of carbonyl (C=O) groups excluding carboxylic acids is 1. The fourth-order valence-electron chi connectivity index (χ4n) is 4.90.